The van der Waals surface area contributed by atoms with Gasteiger partial charge in [-0.1, -0.05) is 42.5 Å². The Morgan fingerprint density at radius 3 is 2.50 bits per heavy atom. The van der Waals surface area contributed by atoms with Crippen molar-refractivity contribution in [2.45, 2.75) is 31.5 Å². The van der Waals surface area contributed by atoms with Gasteiger partial charge in [0.15, 0.2) is 0 Å². The lowest BCUT2D eigenvalue weighted by Crippen LogP contribution is -2.54. The number of hydrogen-bond acceptors (Lipinski definition) is 5. The number of aliphatic carboxylic acids is 1. The van der Waals surface area contributed by atoms with E-state index >= 15 is 0 Å². The number of anilines is 1. The summed E-state index contributed by atoms with van der Waals surface area (Å²) < 4.78 is 1.98. The lowest BCUT2D eigenvalue weighted by molar-refractivity contribution is -0.142. The van der Waals surface area contributed by atoms with Crippen molar-refractivity contribution in [1.29, 1.82) is 0 Å². The summed E-state index contributed by atoms with van der Waals surface area (Å²) in [5.41, 5.74) is 2.56. The Morgan fingerprint density at radius 1 is 1.03 bits per heavy atom. The molecule has 178 valence electrons. The number of rotatable bonds is 9. The van der Waals surface area contributed by atoms with Gasteiger partial charge in [-0.2, -0.15) is 11.8 Å². The number of nitrogens with zero attached hydrogens (tertiary/aromatic N) is 3. The van der Waals surface area contributed by atoms with E-state index in [0.717, 1.165) is 16.6 Å². The highest BCUT2D eigenvalue weighted by atomic mass is 32.2. The van der Waals surface area contributed by atoms with E-state index in [9.17, 15) is 19.5 Å². The average Bonchev–Trinajstić information content (AvgIpc) is 3.41. The molecule has 3 N–H and O–H groups in total. The number of imidazole rings is 1. The minimum atomic E-state index is -1.12. The fourth-order valence-electron chi connectivity index (χ4n) is 4.04. The molecule has 0 aliphatic carbocycles. The molecule has 9 nitrogen and oxygen atoms in total. The van der Waals surface area contributed by atoms with E-state index in [2.05, 4.69) is 15.6 Å². The molecule has 1 aromatic heterocycles. The molecule has 0 fully saturated rings. The third-order valence-corrected chi connectivity index (χ3v) is 6.43. The fraction of sp³-hybridized carbons (Fsp3) is 0.333. The van der Waals surface area contributed by atoms with Gasteiger partial charge < -0.3 is 20.3 Å². The number of aromatic nitrogens is 2. The summed E-state index contributed by atoms with van der Waals surface area (Å²) in [7, 11) is 0. The number of carbonyl (C=O) groups is 3. The topological polar surface area (TPSA) is 117 Å². The molecule has 0 bridgehead atoms. The van der Waals surface area contributed by atoms with Crippen molar-refractivity contribution < 1.29 is 19.5 Å². The van der Waals surface area contributed by atoms with Crippen molar-refractivity contribution in [1.82, 2.24) is 20.2 Å². The molecule has 1 aliphatic heterocycles. The van der Waals surface area contributed by atoms with Crippen molar-refractivity contribution in [2.75, 3.05) is 23.5 Å². The minimum absolute atomic E-state index is 0.154. The van der Waals surface area contributed by atoms with Gasteiger partial charge in [0.25, 0.3) is 0 Å². The van der Waals surface area contributed by atoms with Gasteiger partial charge in [0, 0.05) is 19.5 Å². The lowest BCUT2D eigenvalue weighted by Gasteiger charge is -2.23. The SMILES string of the molecule is CSCCC(NC(=O)N1CCn2c1nc1ccccc12)C(=O)NC(Cc1ccccc1)C(=O)O. The summed E-state index contributed by atoms with van der Waals surface area (Å²) in [4.78, 5) is 44.1. The first kappa shape index (κ1) is 23.6. The van der Waals surface area contributed by atoms with Crippen molar-refractivity contribution in [3.05, 3.63) is 60.2 Å². The normalized spacial score (nSPS) is 14.4. The fourth-order valence-corrected chi connectivity index (χ4v) is 4.51. The van der Waals surface area contributed by atoms with E-state index < -0.39 is 30.0 Å². The van der Waals surface area contributed by atoms with Crippen molar-refractivity contribution in [3.8, 4) is 0 Å². The average molecular weight is 482 g/mol. The van der Waals surface area contributed by atoms with Gasteiger partial charge in [-0.15, -0.1) is 0 Å². The number of carbonyl (C=O) groups excluding carboxylic acids is 2. The Bertz CT molecular complexity index is 1180. The maximum absolute atomic E-state index is 13.1. The van der Waals surface area contributed by atoms with Crippen molar-refractivity contribution in [2.24, 2.45) is 0 Å². The molecule has 0 radical (unpaired) electrons. The molecule has 2 heterocycles. The second kappa shape index (κ2) is 10.6. The van der Waals surface area contributed by atoms with E-state index in [1.807, 2.05) is 65.4 Å². The summed E-state index contributed by atoms with van der Waals surface area (Å²) in [5, 5.41) is 15.1. The third kappa shape index (κ3) is 5.17. The van der Waals surface area contributed by atoms with Gasteiger partial charge in [0.1, 0.15) is 12.1 Å². The van der Waals surface area contributed by atoms with Crippen LogP contribution in [-0.4, -0.2) is 63.2 Å². The van der Waals surface area contributed by atoms with Crippen LogP contribution in [0.4, 0.5) is 10.7 Å². The highest BCUT2D eigenvalue weighted by molar-refractivity contribution is 7.98. The van der Waals surface area contributed by atoms with Crippen LogP contribution in [0.25, 0.3) is 11.0 Å². The molecular formula is C24H27N5O4S. The Balaban J connectivity index is 1.47. The maximum atomic E-state index is 13.1. The summed E-state index contributed by atoms with van der Waals surface area (Å²) >= 11 is 1.55. The quantitative estimate of drug-likeness (QED) is 0.432. The van der Waals surface area contributed by atoms with Crippen LogP contribution in [0.5, 0.6) is 0 Å². The number of amides is 3. The number of carboxylic acids is 1. The van der Waals surface area contributed by atoms with Crippen LogP contribution in [0.2, 0.25) is 0 Å². The number of para-hydroxylation sites is 2. The van der Waals surface area contributed by atoms with Gasteiger partial charge in [0.2, 0.25) is 11.9 Å². The second-order valence-corrected chi connectivity index (χ2v) is 9.06. The van der Waals surface area contributed by atoms with Gasteiger partial charge in [0.05, 0.1) is 11.0 Å². The number of urea groups is 1. The van der Waals surface area contributed by atoms with Gasteiger partial charge in [-0.25, -0.2) is 14.6 Å². The summed E-state index contributed by atoms with van der Waals surface area (Å²) in [6.45, 7) is 1.06. The van der Waals surface area contributed by atoms with Crippen LogP contribution < -0.4 is 15.5 Å². The van der Waals surface area contributed by atoms with Crippen LogP contribution in [-0.2, 0) is 22.6 Å². The van der Waals surface area contributed by atoms with Crippen LogP contribution in [0, 0.1) is 0 Å². The zero-order valence-electron chi connectivity index (χ0n) is 18.8. The van der Waals surface area contributed by atoms with E-state index in [4.69, 9.17) is 0 Å². The van der Waals surface area contributed by atoms with E-state index in [1.54, 1.807) is 11.8 Å². The maximum Gasteiger partial charge on any atom is 0.326 e. The van der Waals surface area contributed by atoms with E-state index in [1.165, 1.54) is 4.90 Å². The van der Waals surface area contributed by atoms with Crippen LogP contribution in [0.3, 0.4) is 0 Å². The van der Waals surface area contributed by atoms with Crippen molar-refractivity contribution in [3.63, 3.8) is 0 Å². The molecule has 2 unspecified atom stereocenters. The van der Waals surface area contributed by atoms with E-state index in [-0.39, 0.29) is 6.42 Å². The summed E-state index contributed by atoms with van der Waals surface area (Å²) in [6, 6.07) is 14.4. The standard InChI is InChI=1S/C24H27N5O4S/c1-34-14-11-18(21(30)25-19(22(31)32)15-16-7-3-2-4-8-16)27-24(33)29-13-12-28-20-10-6-5-9-17(20)26-23(28)29/h2-10,18-19H,11-15H2,1H3,(H,25,30)(H,27,33)(H,31,32). The first-order valence-corrected chi connectivity index (χ1v) is 12.5. The zero-order valence-corrected chi connectivity index (χ0v) is 19.6. The van der Waals surface area contributed by atoms with Gasteiger partial charge in [-0.05, 0) is 36.1 Å². The van der Waals surface area contributed by atoms with Gasteiger partial charge >= 0.3 is 12.0 Å². The number of fused-ring (bicyclic) bond motifs is 3. The zero-order chi connectivity index (χ0) is 24.1. The Morgan fingerprint density at radius 2 is 1.76 bits per heavy atom. The molecule has 0 saturated heterocycles. The molecule has 3 amide bonds. The smallest absolute Gasteiger partial charge is 0.326 e. The Kier molecular flexibility index (Phi) is 7.36. The molecule has 2 atom stereocenters. The minimum Gasteiger partial charge on any atom is -0.480 e. The first-order chi connectivity index (χ1) is 16.5. The lowest BCUT2D eigenvalue weighted by atomic mass is 10.1. The molecule has 3 aromatic rings. The van der Waals surface area contributed by atoms with Crippen molar-refractivity contribution >= 4 is 46.7 Å². The predicted octanol–water partition coefficient (Wildman–Crippen LogP) is 2.50. The molecular weight excluding hydrogens is 454 g/mol. The number of benzene rings is 2. The molecule has 0 saturated carbocycles. The Hall–Kier alpha value is -3.53. The molecule has 34 heavy (non-hydrogen) atoms. The predicted molar refractivity (Wildman–Crippen MR) is 132 cm³/mol. The van der Waals surface area contributed by atoms with Crippen LogP contribution in [0.1, 0.15) is 12.0 Å². The first-order valence-electron chi connectivity index (χ1n) is 11.1. The summed E-state index contributed by atoms with van der Waals surface area (Å²) in [5.74, 6) is -0.470. The number of carboxylic acid groups (broad SMARTS) is 1. The van der Waals surface area contributed by atoms with Gasteiger partial charge in [-0.3, -0.25) is 9.69 Å². The van der Waals surface area contributed by atoms with Crippen LogP contribution >= 0.6 is 11.8 Å². The molecule has 2 aromatic carbocycles. The van der Waals surface area contributed by atoms with Crippen LogP contribution in [0.15, 0.2) is 54.6 Å². The monoisotopic (exact) mass is 481 g/mol. The molecule has 4 rings (SSSR count). The number of hydrogen-bond donors (Lipinski definition) is 3. The second-order valence-electron chi connectivity index (χ2n) is 8.08. The molecule has 0 spiro atoms. The highest BCUT2D eigenvalue weighted by Gasteiger charge is 2.32. The highest BCUT2D eigenvalue weighted by Crippen LogP contribution is 2.27. The summed E-state index contributed by atoms with van der Waals surface area (Å²) in [6.07, 6.45) is 2.44. The number of nitrogens with one attached hydrogen (secondary N) is 2. The Labute approximate surface area is 201 Å². The van der Waals surface area contributed by atoms with E-state index in [0.29, 0.717) is 31.2 Å². The molecule has 1 aliphatic rings. The number of thioether (sulfide) groups is 1. The third-order valence-electron chi connectivity index (χ3n) is 5.79. The largest absolute Gasteiger partial charge is 0.480 e. The molecule has 10 heteroatoms.